The predicted octanol–water partition coefficient (Wildman–Crippen LogP) is 5.50. The normalized spacial score (nSPS) is 11.1. The molecule has 3 rings (SSSR count). The van der Waals surface area contributed by atoms with Crippen molar-refractivity contribution in [3.05, 3.63) is 77.1 Å². The van der Waals surface area contributed by atoms with Crippen LogP contribution < -0.4 is 4.74 Å². The first-order valence-electron chi connectivity index (χ1n) is 9.58. The molecule has 10 heteroatoms. The van der Waals surface area contributed by atoms with E-state index in [0.717, 1.165) is 11.8 Å². The largest absolute Gasteiger partial charge is 0.437 e. The maximum atomic E-state index is 13.8. The number of halogens is 4. The summed E-state index contributed by atoms with van der Waals surface area (Å²) in [6.07, 6.45) is -4.52. The van der Waals surface area contributed by atoms with E-state index in [2.05, 4.69) is 5.10 Å². The van der Waals surface area contributed by atoms with E-state index in [0.29, 0.717) is 16.1 Å². The molecule has 0 atom stereocenters. The van der Waals surface area contributed by atoms with Gasteiger partial charge in [-0.15, -0.1) is 0 Å². The Morgan fingerprint density at radius 2 is 1.81 bits per heavy atom. The summed E-state index contributed by atoms with van der Waals surface area (Å²) in [6, 6.07) is 16.8. The third kappa shape index (κ3) is 5.80. The van der Waals surface area contributed by atoms with Crippen molar-refractivity contribution < 1.29 is 22.7 Å². The molecule has 1 aromatic heterocycles. The topological polar surface area (TPSA) is 71.2 Å². The maximum absolute atomic E-state index is 13.8. The second-order valence-corrected chi connectivity index (χ2v) is 7.18. The van der Waals surface area contributed by atoms with E-state index in [4.69, 9.17) is 21.6 Å². The molecule has 1 amide bonds. The quantitative estimate of drug-likeness (QED) is 0.464. The zero-order valence-electron chi connectivity index (χ0n) is 16.7. The van der Waals surface area contributed by atoms with Gasteiger partial charge in [0.2, 0.25) is 0 Å². The number of nitrogens with zero attached hydrogens (tertiary/aromatic N) is 4. The Morgan fingerprint density at radius 3 is 2.44 bits per heavy atom. The van der Waals surface area contributed by atoms with Crippen LogP contribution >= 0.6 is 11.6 Å². The molecule has 32 heavy (non-hydrogen) atoms. The van der Waals surface area contributed by atoms with Crippen molar-refractivity contribution in [3.8, 4) is 17.5 Å². The zero-order valence-corrected chi connectivity index (χ0v) is 17.5. The van der Waals surface area contributed by atoms with Gasteiger partial charge in [0.15, 0.2) is 11.4 Å². The third-order valence-corrected chi connectivity index (χ3v) is 4.79. The lowest BCUT2D eigenvalue weighted by atomic mass is 10.1. The molecule has 0 aliphatic heterocycles. The van der Waals surface area contributed by atoms with Gasteiger partial charge in [-0.05, 0) is 36.2 Å². The minimum absolute atomic E-state index is 0.0139. The van der Waals surface area contributed by atoms with Gasteiger partial charge in [0, 0.05) is 18.1 Å². The summed E-state index contributed by atoms with van der Waals surface area (Å²) in [5, 5.41) is 13.0. The van der Waals surface area contributed by atoms with Crippen molar-refractivity contribution in [1.82, 2.24) is 14.7 Å². The highest BCUT2D eigenvalue weighted by atomic mass is 35.5. The molecule has 0 aliphatic rings. The Morgan fingerprint density at radius 1 is 1.12 bits per heavy atom. The van der Waals surface area contributed by atoms with Crippen LogP contribution in [0.25, 0.3) is 5.69 Å². The number of hydrogen-bond acceptors (Lipinski definition) is 4. The number of ether oxygens (including phenoxy) is 1. The van der Waals surface area contributed by atoms with E-state index in [-0.39, 0.29) is 25.2 Å². The average Bonchev–Trinajstić information content (AvgIpc) is 3.19. The molecule has 0 bridgehead atoms. The summed E-state index contributed by atoms with van der Waals surface area (Å²) in [5.41, 5.74) is -0.181. The van der Waals surface area contributed by atoms with Crippen molar-refractivity contribution >= 4 is 17.7 Å². The van der Waals surface area contributed by atoms with Gasteiger partial charge in [-0.2, -0.15) is 23.5 Å². The van der Waals surface area contributed by atoms with Gasteiger partial charge in [0.25, 0.3) is 0 Å². The number of alkyl halides is 3. The summed E-state index contributed by atoms with van der Waals surface area (Å²) in [4.78, 5) is 13.9. The van der Waals surface area contributed by atoms with Crippen LogP contribution in [-0.4, -0.2) is 33.9 Å². The molecule has 0 N–H and O–H groups in total. The highest BCUT2D eigenvalue weighted by Crippen LogP contribution is 2.38. The Kier molecular flexibility index (Phi) is 7.38. The molecule has 0 saturated carbocycles. The Bertz CT molecular complexity index is 1090. The fraction of sp³-hybridized carbons (Fsp3) is 0.227. The molecular formula is C22H18ClF3N4O2. The van der Waals surface area contributed by atoms with E-state index in [1.807, 2.05) is 36.4 Å². The zero-order chi connectivity index (χ0) is 23.1. The molecule has 1 heterocycles. The highest BCUT2D eigenvalue weighted by molar-refractivity contribution is 6.30. The molecule has 2 aromatic carbocycles. The van der Waals surface area contributed by atoms with Crippen molar-refractivity contribution in [2.75, 3.05) is 13.1 Å². The number of aromatic nitrogens is 2. The number of carbonyl (C=O) groups is 1. The molecule has 0 unspecified atom stereocenters. The number of nitriles is 1. The summed E-state index contributed by atoms with van der Waals surface area (Å²) in [6.45, 7) is 0.200. The fourth-order valence-electron chi connectivity index (χ4n) is 2.99. The smallest absolute Gasteiger partial charge is 0.406 e. The van der Waals surface area contributed by atoms with Gasteiger partial charge in [-0.1, -0.05) is 41.9 Å². The van der Waals surface area contributed by atoms with E-state index < -0.39 is 23.7 Å². The molecule has 0 radical (unpaired) electrons. The van der Waals surface area contributed by atoms with E-state index in [9.17, 15) is 18.0 Å². The Hall–Kier alpha value is -3.51. The van der Waals surface area contributed by atoms with Gasteiger partial charge in [-0.25, -0.2) is 9.48 Å². The first kappa shape index (κ1) is 23.2. The van der Waals surface area contributed by atoms with Gasteiger partial charge < -0.3 is 9.64 Å². The number of benzene rings is 2. The van der Waals surface area contributed by atoms with E-state index >= 15 is 0 Å². The maximum Gasteiger partial charge on any atom is 0.437 e. The summed E-state index contributed by atoms with van der Waals surface area (Å²) in [5.74, 6) is -0.723. The molecule has 0 fully saturated rings. The first-order chi connectivity index (χ1) is 15.3. The lowest BCUT2D eigenvalue weighted by Gasteiger charge is -2.21. The van der Waals surface area contributed by atoms with Crippen LogP contribution in [0.5, 0.6) is 5.75 Å². The minimum Gasteiger partial charge on any atom is -0.406 e. The summed E-state index contributed by atoms with van der Waals surface area (Å²) >= 11 is 5.80. The van der Waals surface area contributed by atoms with Crippen LogP contribution in [0.4, 0.5) is 18.0 Å². The van der Waals surface area contributed by atoms with Crippen LogP contribution in [0, 0.1) is 11.3 Å². The van der Waals surface area contributed by atoms with Crippen molar-refractivity contribution in [2.24, 2.45) is 0 Å². The molecule has 3 aromatic rings. The van der Waals surface area contributed by atoms with Crippen LogP contribution in [0.1, 0.15) is 17.7 Å². The van der Waals surface area contributed by atoms with Crippen LogP contribution in [0.15, 0.2) is 60.8 Å². The monoisotopic (exact) mass is 462 g/mol. The molecule has 0 saturated heterocycles. The van der Waals surface area contributed by atoms with Crippen LogP contribution in [0.3, 0.4) is 0 Å². The second-order valence-electron chi connectivity index (χ2n) is 6.74. The summed E-state index contributed by atoms with van der Waals surface area (Å²) < 4.78 is 47.1. The van der Waals surface area contributed by atoms with Gasteiger partial charge >= 0.3 is 12.3 Å². The number of amides is 1. The molecule has 166 valence electrons. The SMILES string of the molecule is N#CCCN(CCc1ccccc1)C(=O)Oc1cnn(-c2ccc(Cl)cc2)c1C(F)(F)F. The Labute approximate surface area is 187 Å². The van der Waals surface area contributed by atoms with Crippen LogP contribution in [-0.2, 0) is 12.6 Å². The number of carbonyl (C=O) groups excluding carboxylic acids is 1. The van der Waals surface area contributed by atoms with Crippen molar-refractivity contribution in [3.63, 3.8) is 0 Å². The number of rotatable bonds is 7. The van der Waals surface area contributed by atoms with Gasteiger partial charge in [-0.3, -0.25) is 0 Å². The average molecular weight is 463 g/mol. The molecule has 0 spiro atoms. The van der Waals surface area contributed by atoms with Gasteiger partial charge in [0.05, 0.1) is 24.4 Å². The van der Waals surface area contributed by atoms with E-state index in [1.165, 1.54) is 29.2 Å². The standard InChI is InChI=1S/C22H18ClF3N4O2/c23-17-7-9-18(10-8-17)30-20(22(24,25)26)19(15-28-30)32-21(31)29(13-4-12-27)14-11-16-5-2-1-3-6-16/h1-3,5-10,15H,4,11,13-14H2. The third-order valence-electron chi connectivity index (χ3n) is 4.54. The Balaban J connectivity index is 1.83. The van der Waals surface area contributed by atoms with Crippen molar-refractivity contribution in [1.29, 1.82) is 5.26 Å². The predicted molar refractivity (Wildman–Crippen MR) is 112 cm³/mol. The van der Waals surface area contributed by atoms with Gasteiger partial charge in [0.1, 0.15) is 0 Å². The highest BCUT2D eigenvalue weighted by Gasteiger charge is 2.40. The second kappa shape index (κ2) is 10.2. The lowest BCUT2D eigenvalue weighted by molar-refractivity contribution is -0.143. The van der Waals surface area contributed by atoms with Crippen molar-refractivity contribution in [2.45, 2.75) is 19.0 Å². The summed E-state index contributed by atoms with van der Waals surface area (Å²) in [7, 11) is 0. The lowest BCUT2D eigenvalue weighted by Crippen LogP contribution is -2.36. The number of hydrogen-bond donors (Lipinski definition) is 0. The molecule has 6 nitrogen and oxygen atoms in total. The fourth-order valence-corrected chi connectivity index (χ4v) is 3.12. The molecule has 0 aliphatic carbocycles. The molecular weight excluding hydrogens is 445 g/mol. The van der Waals surface area contributed by atoms with E-state index in [1.54, 1.807) is 0 Å². The minimum atomic E-state index is -4.84. The van der Waals surface area contributed by atoms with Crippen LogP contribution in [0.2, 0.25) is 5.02 Å². The first-order valence-corrected chi connectivity index (χ1v) is 9.96.